The summed E-state index contributed by atoms with van der Waals surface area (Å²) in [5.74, 6) is 0.374. The summed E-state index contributed by atoms with van der Waals surface area (Å²) in [6, 6.07) is 2.53. The molecule has 0 radical (unpaired) electrons. The third kappa shape index (κ3) is 4.25. The van der Waals surface area contributed by atoms with Crippen molar-refractivity contribution < 1.29 is 9.53 Å². The normalized spacial score (nSPS) is 21.6. The smallest absolute Gasteiger partial charge is 0.410 e. The summed E-state index contributed by atoms with van der Waals surface area (Å²) < 4.78 is 7.52. The van der Waals surface area contributed by atoms with E-state index >= 15 is 0 Å². The molecule has 1 amide bonds. The van der Waals surface area contributed by atoms with Crippen molar-refractivity contribution >= 4 is 11.7 Å². The minimum Gasteiger partial charge on any atom is -0.444 e. The summed E-state index contributed by atoms with van der Waals surface area (Å²) in [7, 11) is 0. The standard InChI is InChI=1S/C21H32N4O2/c1-7-16(18-12-24-19(10-14(18)2)22-13-23-24)11-17-9-8-15(3)25(17)20(26)27-21(4,5)6/h10,12-13,15-17H,7-9,11H2,1-6H3. The molecule has 2 aromatic rings. The molecule has 2 aromatic heterocycles. The summed E-state index contributed by atoms with van der Waals surface area (Å²) in [6.45, 7) is 12.2. The van der Waals surface area contributed by atoms with Crippen molar-refractivity contribution in [3.63, 3.8) is 0 Å². The molecule has 0 spiro atoms. The Bertz CT molecular complexity index is 808. The highest BCUT2D eigenvalue weighted by Gasteiger charge is 2.38. The highest BCUT2D eigenvalue weighted by Crippen LogP contribution is 2.35. The van der Waals surface area contributed by atoms with Crippen LogP contribution in [0.2, 0.25) is 0 Å². The summed E-state index contributed by atoms with van der Waals surface area (Å²) in [5.41, 5.74) is 2.93. The highest BCUT2D eigenvalue weighted by atomic mass is 16.6. The van der Waals surface area contributed by atoms with Crippen molar-refractivity contribution in [3.8, 4) is 0 Å². The Morgan fingerprint density at radius 3 is 2.78 bits per heavy atom. The van der Waals surface area contributed by atoms with Gasteiger partial charge in [0.15, 0.2) is 5.65 Å². The number of fused-ring (bicyclic) bond motifs is 1. The Kier molecular flexibility index (Phi) is 5.45. The van der Waals surface area contributed by atoms with E-state index in [1.807, 2.05) is 30.2 Å². The molecule has 3 atom stereocenters. The summed E-state index contributed by atoms with van der Waals surface area (Å²) in [5, 5.41) is 4.29. The second-order valence-electron chi connectivity index (χ2n) is 8.78. The average molecular weight is 373 g/mol. The van der Waals surface area contributed by atoms with E-state index in [-0.39, 0.29) is 18.2 Å². The van der Waals surface area contributed by atoms with Crippen LogP contribution in [0.1, 0.15) is 77.3 Å². The maximum atomic E-state index is 12.8. The van der Waals surface area contributed by atoms with E-state index in [1.54, 1.807) is 6.33 Å². The quantitative estimate of drug-likeness (QED) is 0.780. The first-order valence-electron chi connectivity index (χ1n) is 10.0. The number of ether oxygens (including phenoxy) is 1. The fraction of sp³-hybridized carbons (Fsp3) is 0.667. The third-order valence-corrected chi connectivity index (χ3v) is 5.54. The molecular formula is C21H32N4O2. The van der Waals surface area contributed by atoms with Gasteiger partial charge in [0.1, 0.15) is 11.9 Å². The zero-order valence-electron chi connectivity index (χ0n) is 17.4. The van der Waals surface area contributed by atoms with Gasteiger partial charge in [-0.05, 0) is 83.4 Å². The summed E-state index contributed by atoms with van der Waals surface area (Å²) in [6.07, 6.45) is 7.53. The van der Waals surface area contributed by atoms with Crippen LogP contribution in [0.5, 0.6) is 0 Å². The van der Waals surface area contributed by atoms with Crippen molar-refractivity contribution in [2.45, 2.75) is 90.8 Å². The number of pyridine rings is 1. The number of carbonyl (C=O) groups excluding carboxylic acids is 1. The molecule has 27 heavy (non-hydrogen) atoms. The van der Waals surface area contributed by atoms with E-state index in [4.69, 9.17) is 4.74 Å². The minimum atomic E-state index is -0.469. The lowest BCUT2D eigenvalue weighted by molar-refractivity contribution is 0.0148. The topological polar surface area (TPSA) is 59.7 Å². The van der Waals surface area contributed by atoms with Crippen LogP contribution in [0.15, 0.2) is 18.6 Å². The van der Waals surface area contributed by atoms with Gasteiger partial charge in [0.05, 0.1) is 0 Å². The number of rotatable bonds is 4. The Labute approximate surface area is 161 Å². The fourth-order valence-electron chi connectivity index (χ4n) is 4.19. The second kappa shape index (κ2) is 7.49. The van der Waals surface area contributed by atoms with Gasteiger partial charge in [0, 0.05) is 18.3 Å². The van der Waals surface area contributed by atoms with Crippen LogP contribution in [-0.2, 0) is 4.74 Å². The first-order chi connectivity index (χ1) is 12.7. The van der Waals surface area contributed by atoms with Gasteiger partial charge in [0.25, 0.3) is 0 Å². The molecule has 3 unspecified atom stereocenters. The molecule has 1 fully saturated rings. The largest absolute Gasteiger partial charge is 0.444 e. The van der Waals surface area contributed by atoms with Gasteiger partial charge in [-0.15, -0.1) is 0 Å². The van der Waals surface area contributed by atoms with Gasteiger partial charge >= 0.3 is 6.09 Å². The van der Waals surface area contributed by atoms with Gasteiger partial charge in [0.2, 0.25) is 0 Å². The summed E-state index contributed by atoms with van der Waals surface area (Å²) in [4.78, 5) is 19.0. The molecule has 3 rings (SSSR count). The van der Waals surface area contributed by atoms with Gasteiger partial charge in [-0.3, -0.25) is 0 Å². The molecule has 148 valence electrons. The van der Waals surface area contributed by atoms with E-state index in [9.17, 15) is 4.79 Å². The molecule has 1 aliphatic heterocycles. The van der Waals surface area contributed by atoms with Crippen molar-refractivity contribution in [2.75, 3.05) is 0 Å². The van der Waals surface area contributed by atoms with Gasteiger partial charge in [-0.1, -0.05) is 6.92 Å². The molecule has 0 aromatic carbocycles. The molecule has 1 saturated heterocycles. The lowest BCUT2D eigenvalue weighted by Crippen LogP contribution is -2.43. The van der Waals surface area contributed by atoms with Gasteiger partial charge in [-0.2, -0.15) is 5.10 Å². The monoisotopic (exact) mass is 372 g/mol. The fourth-order valence-corrected chi connectivity index (χ4v) is 4.19. The lowest BCUT2D eigenvalue weighted by Gasteiger charge is -2.33. The number of aryl methyl sites for hydroxylation is 1. The Balaban J connectivity index is 1.81. The van der Waals surface area contributed by atoms with Crippen LogP contribution in [0, 0.1) is 6.92 Å². The Morgan fingerprint density at radius 1 is 1.37 bits per heavy atom. The number of hydrogen-bond donors (Lipinski definition) is 0. The van der Waals surface area contributed by atoms with Crippen LogP contribution < -0.4 is 0 Å². The molecule has 0 aliphatic carbocycles. The number of hydrogen-bond acceptors (Lipinski definition) is 4. The summed E-state index contributed by atoms with van der Waals surface area (Å²) >= 11 is 0. The molecule has 0 saturated carbocycles. The second-order valence-corrected chi connectivity index (χ2v) is 8.78. The first-order valence-corrected chi connectivity index (χ1v) is 10.0. The molecular weight excluding hydrogens is 340 g/mol. The van der Waals surface area contributed by atoms with E-state index in [1.165, 1.54) is 11.1 Å². The van der Waals surface area contributed by atoms with Crippen LogP contribution in [0.25, 0.3) is 5.65 Å². The zero-order chi connectivity index (χ0) is 19.8. The zero-order valence-corrected chi connectivity index (χ0v) is 17.4. The number of amides is 1. The van der Waals surface area contributed by atoms with Crippen LogP contribution >= 0.6 is 0 Å². The molecule has 6 heteroatoms. The van der Waals surface area contributed by atoms with E-state index in [2.05, 4.69) is 43.1 Å². The molecule has 1 aliphatic rings. The van der Waals surface area contributed by atoms with Crippen molar-refractivity contribution in [2.24, 2.45) is 0 Å². The van der Waals surface area contributed by atoms with E-state index < -0.39 is 5.60 Å². The number of aromatic nitrogens is 3. The van der Waals surface area contributed by atoms with Crippen molar-refractivity contribution in [3.05, 3.63) is 29.7 Å². The minimum absolute atomic E-state index is 0.184. The highest BCUT2D eigenvalue weighted by molar-refractivity contribution is 5.69. The van der Waals surface area contributed by atoms with E-state index in [0.717, 1.165) is 31.3 Å². The maximum Gasteiger partial charge on any atom is 0.410 e. The van der Waals surface area contributed by atoms with Crippen molar-refractivity contribution in [1.29, 1.82) is 0 Å². The molecule has 0 N–H and O–H groups in total. The van der Waals surface area contributed by atoms with E-state index in [0.29, 0.717) is 5.92 Å². The maximum absolute atomic E-state index is 12.8. The Morgan fingerprint density at radius 2 is 2.11 bits per heavy atom. The molecule has 3 heterocycles. The number of likely N-dealkylation sites (tertiary alicyclic amines) is 1. The number of carbonyl (C=O) groups is 1. The third-order valence-electron chi connectivity index (χ3n) is 5.54. The van der Waals surface area contributed by atoms with Crippen LogP contribution in [0.3, 0.4) is 0 Å². The van der Waals surface area contributed by atoms with Gasteiger partial charge < -0.3 is 9.64 Å². The first kappa shape index (κ1) is 19.6. The molecule has 6 nitrogen and oxygen atoms in total. The van der Waals surface area contributed by atoms with Crippen LogP contribution in [0.4, 0.5) is 4.79 Å². The lowest BCUT2D eigenvalue weighted by atomic mass is 9.88. The predicted molar refractivity (Wildman–Crippen MR) is 106 cm³/mol. The predicted octanol–water partition coefficient (Wildman–Crippen LogP) is 4.71. The molecule has 0 bridgehead atoms. The van der Waals surface area contributed by atoms with Gasteiger partial charge in [-0.25, -0.2) is 14.3 Å². The van der Waals surface area contributed by atoms with Crippen molar-refractivity contribution in [1.82, 2.24) is 19.5 Å². The Hall–Kier alpha value is -2.11. The SMILES string of the molecule is CCC(CC1CCC(C)N1C(=O)OC(C)(C)C)c1cn2ncnc2cc1C. The van der Waals surface area contributed by atoms with Crippen LogP contribution in [-0.4, -0.2) is 43.3 Å². The number of nitrogens with zero attached hydrogens (tertiary/aromatic N) is 4. The average Bonchev–Trinajstić information content (AvgIpc) is 3.16.